The first-order valence-electron chi connectivity index (χ1n) is 9.87. The second-order valence-corrected chi connectivity index (χ2v) is 7.15. The van der Waals surface area contributed by atoms with Gasteiger partial charge in [0.05, 0.1) is 0 Å². The van der Waals surface area contributed by atoms with E-state index in [0.29, 0.717) is 12.2 Å². The minimum absolute atomic E-state index is 0.00347. The van der Waals surface area contributed by atoms with Crippen LogP contribution < -0.4 is 10.6 Å². The number of hydrogen-bond donors (Lipinski definition) is 2. The molecule has 0 saturated heterocycles. The Balaban J connectivity index is 1.43. The van der Waals surface area contributed by atoms with Crippen LogP contribution in [0.4, 0.5) is 17.2 Å². The van der Waals surface area contributed by atoms with Crippen LogP contribution in [-0.4, -0.2) is 11.1 Å². The highest BCUT2D eigenvalue weighted by Crippen LogP contribution is 2.28. The smallest absolute Gasteiger partial charge is 0.225 e. The summed E-state index contributed by atoms with van der Waals surface area (Å²) in [5.41, 5.74) is 3.87. The summed E-state index contributed by atoms with van der Waals surface area (Å²) in [6.45, 7) is 1.84. The first-order chi connectivity index (χ1) is 14.7. The molecule has 3 aromatic carbocycles. The SMILES string of the molecule is Cc1cc(Nc2ccc(NC(=O)CC(c3ccccc3)c3ccccc3)cc2)no1. The molecule has 1 amide bonds. The molecule has 0 fully saturated rings. The van der Waals surface area contributed by atoms with Gasteiger partial charge in [0.25, 0.3) is 0 Å². The number of benzene rings is 3. The fraction of sp³-hybridized carbons (Fsp3) is 0.120. The molecule has 1 aromatic heterocycles. The maximum atomic E-state index is 12.8. The molecule has 2 N–H and O–H groups in total. The van der Waals surface area contributed by atoms with Gasteiger partial charge in [-0.2, -0.15) is 0 Å². The van der Waals surface area contributed by atoms with Gasteiger partial charge in [0, 0.05) is 29.8 Å². The van der Waals surface area contributed by atoms with E-state index in [9.17, 15) is 4.79 Å². The van der Waals surface area contributed by atoms with E-state index < -0.39 is 0 Å². The number of amides is 1. The molecule has 0 unspecified atom stereocenters. The topological polar surface area (TPSA) is 67.2 Å². The summed E-state index contributed by atoms with van der Waals surface area (Å²) >= 11 is 0. The van der Waals surface area contributed by atoms with Crippen LogP contribution in [0, 0.1) is 6.92 Å². The van der Waals surface area contributed by atoms with Crippen LogP contribution in [0.1, 0.15) is 29.2 Å². The Morgan fingerprint density at radius 3 is 1.97 bits per heavy atom. The fourth-order valence-corrected chi connectivity index (χ4v) is 3.41. The zero-order valence-corrected chi connectivity index (χ0v) is 16.7. The lowest BCUT2D eigenvalue weighted by Crippen LogP contribution is -2.16. The molecule has 30 heavy (non-hydrogen) atoms. The Morgan fingerprint density at radius 1 is 0.867 bits per heavy atom. The standard InChI is InChI=1S/C25H23N3O2/c1-18-16-24(28-30-18)26-21-12-14-22(15-13-21)27-25(29)17-23(19-8-4-2-5-9-19)20-10-6-3-7-11-20/h2-16,23H,17H2,1H3,(H,26,28)(H,27,29). The van der Waals surface area contributed by atoms with Crippen LogP contribution in [0.25, 0.3) is 0 Å². The number of aromatic nitrogens is 1. The number of hydrogen-bond acceptors (Lipinski definition) is 4. The Bertz CT molecular complexity index is 1050. The van der Waals surface area contributed by atoms with E-state index in [1.54, 1.807) is 0 Å². The molecule has 0 aliphatic carbocycles. The molecule has 0 bridgehead atoms. The lowest BCUT2D eigenvalue weighted by atomic mass is 9.88. The van der Waals surface area contributed by atoms with Crippen molar-refractivity contribution in [1.29, 1.82) is 0 Å². The second kappa shape index (κ2) is 9.09. The van der Waals surface area contributed by atoms with Gasteiger partial charge in [-0.05, 0) is 42.3 Å². The van der Waals surface area contributed by atoms with Crippen LogP contribution in [-0.2, 0) is 4.79 Å². The fourth-order valence-electron chi connectivity index (χ4n) is 3.41. The van der Waals surface area contributed by atoms with Gasteiger partial charge in [-0.25, -0.2) is 0 Å². The van der Waals surface area contributed by atoms with Crippen LogP contribution in [0.5, 0.6) is 0 Å². The average Bonchev–Trinajstić information content (AvgIpc) is 3.19. The van der Waals surface area contributed by atoms with Crippen molar-refractivity contribution >= 4 is 23.1 Å². The molecule has 1 heterocycles. The number of carbonyl (C=O) groups is 1. The second-order valence-electron chi connectivity index (χ2n) is 7.15. The molecule has 0 atom stereocenters. The Labute approximate surface area is 175 Å². The van der Waals surface area contributed by atoms with Crippen molar-refractivity contribution in [3.05, 3.63) is 108 Å². The highest BCUT2D eigenvalue weighted by atomic mass is 16.5. The highest BCUT2D eigenvalue weighted by Gasteiger charge is 2.18. The molecule has 150 valence electrons. The van der Waals surface area contributed by atoms with Gasteiger partial charge in [-0.15, -0.1) is 0 Å². The van der Waals surface area contributed by atoms with Crippen LogP contribution in [0.15, 0.2) is 95.5 Å². The summed E-state index contributed by atoms with van der Waals surface area (Å²) in [5.74, 6) is 1.37. The zero-order valence-electron chi connectivity index (χ0n) is 16.7. The van der Waals surface area contributed by atoms with E-state index >= 15 is 0 Å². The number of aryl methyl sites for hydroxylation is 1. The van der Waals surface area contributed by atoms with Gasteiger partial charge in [0.1, 0.15) is 5.76 Å². The molecular formula is C25H23N3O2. The predicted molar refractivity (Wildman–Crippen MR) is 119 cm³/mol. The summed E-state index contributed by atoms with van der Waals surface area (Å²) in [6.07, 6.45) is 0.367. The molecule has 5 heteroatoms. The van der Waals surface area contributed by atoms with Crippen molar-refractivity contribution in [2.75, 3.05) is 10.6 Å². The highest BCUT2D eigenvalue weighted by molar-refractivity contribution is 5.91. The third kappa shape index (κ3) is 4.94. The lowest BCUT2D eigenvalue weighted by molar-refractivity contribution is -0.116. The van der Waals surface area contributed by atoms with Crippen LogP contribution in [0.2, 0.25) is 0 Å². The molecule has 4 rings (SSSR count). The normalized spacial score (nSPS) is 10.7. The van der Waals surface area contributed by atoms with Crippen LogP contribution >= 0.6 is 0 Å². The zero-order chi connectivity index (χ0) is 20.8. The van der Waals surface area contributed by atoms with E-state index in [4.69, 9.17) is 4.52 Å². The van der Waals surface area contributed by atoms with Gasteiger partial charge in [0.2, 0.25) is 5.91 Å². The van der Waals surface area contributed by atoms with Crippen molar-refractivity contribution in [2.45, 2.75) is 19.3 Å². The maximum Gasteiger partial charge on any atom is 0.225 e. The average molecular weight is 397 g/mol. The van der Waals surface area contributed by atoms with E-state index in [0.717, 1.165) is 28.3 Å². The molecular weight excluding hydrogens is 374 g/mol. The third-order valence-electron chi connectivity index (χ3n) is 4.86. The van der Waals surface area contributed by atoms with E-state index in [2.05, 4.69) is 40.1 Å². The summed E-state index contributed by atoms with van der Waals surface area (Å²) in [5, 5.41) is 10.1. The van der Waals surface area contributed by atoms with E-state index in [1.807, 2.05) is 73.7 Å². The molecule has 0 aliphatic heterocycles. The molecule has 0 saturated carbocycles. The lowest BCUT2D eigenvalue weighted by Gasteiger charge is -2.18. The first-order valence-corrected chi connectivity index (χ1v) is 9.87. The minimum atomic E-state index is -0.0273. The Hall–Kier alpha value is -3.86. The van der Waals surface area contributed by atoms with Crippen molar-refractivity contribution in [2.24, 2.45) is 0 Å². The third-order valence-corrected chi connectivity index (χ3v) is 4.86. The van der Waals surface area contributed by atoms with Gasteiger partial charge in [-0.1, -0.05) is 65.8 Å². The summed E-state index contributed by atoms with van der Waals surface area (Å²) in [7, 11) is 0. The number of nitrogens with zero attached hydrogens (tertiary/aromatic N) is 1. The van der Waals surface area contributed by atoms with Crippen molar-refractivity contribution < 1.29 is 9.32 Å². The monoisotopic (exact) mass is 397 g/mol. The summed E-state index contributed by atoms with van der Waals surface area (Å²) < 4.78 is 5.05. The first kappa shape index (κ1) is 19.5. The Morgan fingerprint density at radius 2 is 1.43 bits per heavy atom. The van der Waals surface area contributed by atoms with Gasteiger partial charge < -0.3 is 15.2 Å². The van der Waals surface area contributed by atoms with Gasteiger partial charge in [-0.3, -0.25) is 4.79 Å². The number of anilines is 3. The van der Waals surface area contributed by atoms with Crippen LogP contribution in [0.3, 0.4) is 0 Å². The molecule has 5 nitrogen and oxygen atoms in total. The number of nitrogens with one attached hydrogen (secondary N) is 2. The van der Waals surface area contributed by atoms with Gasteiger partial charge >= 0.3 is 0 Å². The molecule has 0 radical (unpaired) electrons. The molecule has 4 aromatic rings. The van der Waals surface area contributed by atoms with E-state index in [1.165, 1.54) is 0 Å². The quantitative estimate of drug-likeness (QED) is 0.408. The van der Waals surface area contributed by atoms with Gasteiger partial charge in [0.15, 0.2) is 5.82 Å². The number of rotatable bonds is 7. The Kier molecular flexibility index (Phi) is 5.90. The summed E-state index contributed by atoms with van der Waals surface area (Å²) in [6, 6.07) is 29.6. The number of carbonyl (C=O) groups excluding carboxylic acids is 1. The predicted octanol–water partition coefficient (Wildman–Crippen LogP) is 5.89. The van der Waals surface area contributed by atoms with Crippen molar-refractivity contribution in [3.8, 4) is 0 Å². The van der Waals surface area contributed by atoms with Crippen molar-refractivity contribution in [1.82, 2.24) is 5.16 Å². The largest absolute Gasteiger partial charge is 0.360 e. The molecule has 0 aliphatic rings. The minimum Gasteiger partial charge on any atom is -0.360 e. The summed E-state index contributed by atoms with van der Waals surface area (Å²) in [4.78, 5) is 12.8. The van der Waals surface area contributed by atoms with E-state index in [-0.39, 0.29) is 11.8 Å². The molecule has 0 spiro atoms. The van der Waals surface area contributed by atoms with Crippen molar-refractivity contribution in [3.63, 3.8) is 0 Å². The maximum absolute atomic E-state index is 12.8.